The lowest BCUT2D eigenvalue weighted by molar-refractivity contribution is -0.141. The first-order chi connectivity index (χ1) is 11.6. The number of aliphatic carboxylic acids is 1. The Hall–Kier alpha value is -2.82. The molecule has 2 rings (SSSR count). The van der Waals surface area contributed by atoms with Gasteiger partial charge in [-0.25, -0.2) is 4.79 Å². The van der Waals surface area contributed by atoms with Crippen molar-refractivity contribution in [3.8, 4) is 5.75 Å². The lowest BCUT2D eigenvalue weighted by atomic mass is 10.1. The molecular formula is C19H21NO4. The molecule has 5 heteroatoms. The highest BCUT2D eigenvalue weighted by atomic mass is 16.5. The largest absolute Gasteiger partial charge is 0.497 e. The molecule has 24 heavy (non-hydrogen) atoms. The quantitative estimate of drug-likeness (QED) is 0.781. The molecule has 1 atom stereocenters. The van der Waals surface area contributed by atoms with Gasteiger partial charge in [0.05, 0.1) is 7.11 Å². The van der Waals surface area contributed by atoms with Crippen LogP contribution in [0, 0.1) is 0 Å². The van der Waals surface area contributed by atoms with E-state index in [2.05, 4.69) is 5.32 Å². The van der Waals surface area contributed by atoms with Crippen molar-refractivity contribution < 1.29 is 19.4 Å². The Kier molecular flexibility index (Phi) is 6.37. The summed E-state index contributed by atoms with van der Waals surface area (Å²) in [5.41, 5.74) is 1.88. The molecule has 2 aromatic rings. The second-order valence-electron chi connectivity index (χ2n) is 5.50. The molecule has 2 N–H and O–H groups in total. The zero-order valence-electron chi connectivity index (χ0n) is 13.6. The molecule has 0 aromatic heterocycles. The molecular weight excluding hydrogens is 306 g/mol. The van der Waals surface area contributed by atoms with E-state index in [1.165, 1.54) is 0 Å². The summed E-state index contributed by atoms with van der Waals surface area (Å²) < 4.78 is 5.09. The van der Waals surface area contributed by atoms with Gasteiger partial charge >= 0.3 is 5.97 Å². The van der Waals surface area contributed by atoms with Gasteiger partial charge in [0.1, 0.15) is 11.8 Å². The van der Waals surface area contributed by atoms with Crippen LogP contribution >= 0.6 is 0 Å². The molecule has 0 spiro atoms. The third-order valence-electron chi connectivity index (χ3n) is 3.72. The monoisotopic (exact) mass is 327 g/mol. The fourth-order valence-corrected chi connectivity index (χ4v) is 2.37. The molecule has 0 heterocycles. The molecule has 0 saturated carbocycles. The van der Waals surface area contributed by atoms with Crippen molar-refractivity contribution in [3.63, 3.8) is 0 Å². The first-order valence-corrected chi connectivity index (χ1v) is 7.77. The summed E-state index contributed by atoms with van der Waals surface area (Å²) in [7, 11) is 1.60. The van der Waals surface area contributed by atoms with Crippen LogP contribution in [0.25, 0.3) is 0 Å². The summed E-state index contributed by atoms with van der Waals surface area (Å²) >= 11 is 0. The Morgan fingerprint density at radius 3 is 2.29 bits per heavy atom. The normalized spacial score (nSPS) is 11.5. The van der Waals surface area contributed by atoms with Crippen molar-refractivity contribution in [3.05, 3.63) is 65.7 Å². The molecule has 126 valence electrons. The lowest BCUT2D eigenvalue weighted by Gasteiger charge is -2.14. The van der Waals surface area contributed by atoms with Crippen LogP contribution in [0.5, 0.6) is 5.75 Å². The average molecular weight is 327 g/mol. The molecule has 0 aliphatic rings. The average Bonchev–Trinajstić information content (AvgIpc) is 2.60. The maximum Gasteiger partial charge on any atom is 0.326 e. The minimum Gasteiger partial charge on any atom is -0.497 e. The van der Waals surface area contributed by atoms with Gasteiger partial charge in [0.25, 0.3) is 0 Å². The third-order valence-corrected chi connectivity index (χ3v) is 3.72. The van der Waals surface area contributed by atoms with Crippen molar-refractivity contribution in [1.29, 1.82) is 0 Å². The maximum atomic E-state index is 12.0. The number of aryl methyl sites for hydroxylation is 1. The predicted octanol–water partition coefficient (Wildman–Crippen LogP) is 2.44. The summed E-state index contributed by atoms with van der Waals surface area (Å²) in [6.45, 7) is 0. The number of benzene rings is 2. The molecule has 0 saturated heterocycles. The van der Waals surface area contributed by atoms with Gasteiger partial charge in [-0.15, -0.1) is 0 Å². The second kappa shape index (κ2) is 8.72. The van der Waals surface area contributed by atoms with Crippen LogP contribution in [0.2, 0.25) is 0 Å². The van der Waals surface area contributed by atoms with E-state index < -0.39 is 12.0 Å². The Morgan fingerprint density at radius 1 is 1.04 bits per heavy atom. The number of carbonyl (C=O) groups is 2. The van der Waals surface area contributed by atoms with Gasteiger partial charge in [-0.2, -0.15) is 0 Å². The third kappa shape index (κ3) is 5.43. The molecule has 0 fully saturated rings. The summed E-state index contributed by atoms with van der Waals surface area (Å²) in [6.07, 6.45) is 1.06. The number of amides is 1. The van der Waals surface area contributed by atoms with Crippen LogP contribution in [0.4, 0.5) is 0 Å². The van der Waals surface area contributed by atoms with Gasteiger partial charge in [0, 0.05) is 12.8 Å². The highest BCUT2D eigenvalue weighted by Gasteiger charge is 2.20. The Balaban J connectivity index is 1.87. The van der Waals surface area contributed by atoms with E-state index >= 15 is 0 Å². The number of nitrogens with one attached hydrogen (secondary N) is 1. The zero-order chi connectivity index (χ0) is 17.4. The van der Waals surface area contributed by atoms with Crippen LogP contribution < -0.4 is 10.1 Å². The van der Waals surface area contributed by atoms with Gasteiger partial charge < -0.3 is 15.2 Å². The van der Waals surface area contributed by atoms with Gasteiger partial charge in [-0.1, -0.05) is 42.5 Å². The molecule has 0 unspecified atom stereocenters. The standard InChI is InChI=1S/C19H21NO4/c1-24-16-10-7-14(8-11-16)9-12-18(21)20-17(19(22)23)13-15-5-3-2-4-6-15/h2-8,10-11,17H,9,12-13H2,1H3,(H,20,21)(H,22,23)/t17-/m1/s1. The van der Waals surface area contributed by atoms with Crippen molar-refractivity contribution in [2.75, 3.05) is 7.11 Å². The number of hydrogen-bond donors (Lipinski definition) is 2. The molecule has 2 aromatic carbocycles. The number of carbonyl (C=O) groups excluding carboxylic acids is 1. The van der Waals surface area contributed by atoms with Gasteiger partial charge in [-0.3, -0.25) is 4.79 Å². The minimum atomic E-state index is -1.03. The summed E-state index contributed by atoms with van der Waals surface area (Å²) in [5.74, 6) is -0.539. The van der Waals surface area contributed by atoms with E-state index in [0.29, 0.717) is 6.42 Å². The molecule has 1 amide bonds. The lowest BCUT2D eigenvalue weighted by Crippen LogP contribution is -2.42. The second-order valence-corrected chi connectivity index (χ2v) is 5.50. The van der Waals surface area contributed by atoms with Crippen molar-refractivity contribution >= 4 is 11.9 Å². The number of rotatable bonds is 8. The van der Waals surface area contributed by atoms with Crippen LogP contribution in [-0.2, 0) is 22.4 Å². The SMILES string of the molecule is COc1ccc(CCC(=O)N[C@H](Cc2ccccc2)C(=O)O)cc1. The summed E-state index contributed by atoms with van der Waals surface area (Å²) in [6, 6.07) is 15.8. The number of ether oxygens (including phenoxy) is 1. The van der Waals surface area contributed by atoms with Crippen LogP contribution in [0.15, 0.2) is 54.6 Å². The van der Waals surface area contributed by atoms with Crippen molar-refractivity contribution in [2.45, 2.75) is 25.3 Å². The first kappa shape index (κ1) is 17.5. The van der Waals surface area contributed by atoms with Crippen LogP contribution in [-0.4, -0.2) is 30.1 Å². The van der Waals surface area contributed by atoms with Gasteiger partial charge in [-0.05, 0) is 29.7 Å². The molecule has 0 aliphatic heterocycles. The Labute approximate surface area is 141 Å². The number of hydrogen-bond acceptors (Lipinski definition) is 3. The number of carboxylic acid groups (broad SMARTS) is 1. The van der Waals surface area contributed by atoms with E-state index in [1.807, 2.05) is 54.6 Å². The van der Waals surface area contributed by atoms with Crippen LogP contribution in [0.1, 0.15) is 17.5 Å². The van der Waals surface area contributed by atoms with E-state index in [9.17, 15) is 14.7 Å². The topological polar surface area (TPSA) is 75.6 Å². The first-order valence-electron chi connectivity index (χ1n) is 7.77. The van der Waals surface area contributed by atoms with Gasteiger partial charge in [0.15, 0.2) is 0 Å². The molecule has 0 aliphatic carbocycles. The smallest absolute Gasteiger partial charge is 0.326 e. The Morgan fingerprint density at radius 2 is 1.71 bits per heavy atom. The van der Waals surface area contributed by atoms with E-state index in [1.54, 1.807) is 7.11 Å². The Bertz CT molecular complexity index is 668. The number of carboxylic acids is 1. The van der Waals surface area contributed by atoms with Crippen molar-refractivity contribution in [1.82, 2.24) is 5.32 Å². The van der Waals surface area contributed by atoms with E-state index in [0.717, 1.165) is 16.9 Å². The molecule has 0 radical (unpaired) electrons. The highest BCUT2D eigenvalue weighted by Crippen LogP contribution is 2.12. The fourth-order valence-electron chi connectivity index (χ4n) is 2.37. The summed E-state index contributed by atoms with van der Waals surface area (Å²) in [4.78, 5) is 23.4. The van der Waals surface area contributed by atoms with E-state index in [-0.39, 0.29) is 18.7 Å². The fraction of sp³-hybridized carbons (Fsp3) is 0.263. The zero-order valence-corrected chi connectivity index (χ0v) is 13.6. The minimum absolute atomic E-state index is 0.241. The summed E-state index contributed by atoms with van der Waals surface area (Å²) in [5, 5.41) is 11.9. The van der Waals surface area contributed by atoms with E-state index in [4.69, 9.17) is 4.74 Å². The number of methoxy groups -OCH3 is 1. The predicted molar refractivity (Wildman–Crippen MR) is 91.0 cm³/mol. The highest BCUT2D eigenvalue weighted by molar-refractivity contribution is 5.83. The van der Waals surface area contributed by atoms with Crippen molar-refractivity contribution in [2.24, 2.45) is 0 Å². The maximum absolute atomic E-state index is 12.0. The van der Waals surface area contributed by atoms with Crippen LogP contribution in [0.3, 0.4) is 0 Å². The van der Waals surface area contributed by atoms with Gasteiger partial charge in [0.2, 0.25) is 5.91 Å². The molecule has 0 bridgehead atoms. The molecule has 5 nitrogen and oxygen atoms in total.